The number of hydrogen-bond acceptors (Lipinski definition) is 3. The summed E-state index contributed by atoms with van der Waals surface area (Å²) in [7, 11) is 3.14. The summed E-state index contributed by atoms with van der Waals surface area (Å²) < 4.78 is 44.9. The van der Waals surface area contributed by atoms with Crippen LogP contribution in [0.15, 0.2) is 18.2 Å². The van der Waals surface area contributed by atoms with Crippen molar-refractivity contribution in [3.63, 3.8) is 0 Å². The first-order chi connectivity index (χ1) is 11.3. The lowest BCUT2D eigenvalue weighted by Gasteiger charge is -2.37. The molecule has 1 aromatic rings. The second kappa shape index (κ2) is 6.27. The van der Waals surface area contributed by atoms with Gasteiger partial charge in [0.25, 0.3) is 0 Å². The van der Waals surface area contributed by atoms with Gasteiger partial charge in [-0.05, 0) is 36.6 Å². The third kappa shape index (κ3) is 3.22. The van der Waals surface area contributed by atoms with E-state index in [4.69, 9.17) is 4.74 Å². The SMILES string of the molecule is COc1ccc(CN2CC[C@@H]3CC(=O)N(C)[C@@H]3C2)c(C(F)(F)F)c1. The molecule has 1 amide bonds. The first-order valence-corrected chi connectivity index (χ1v) is 8.01. The molecule has 7 heteroatoms. The van der Waals surface area contributed by atoms with E-state index in [1.807, 2.05) is 4.90 Å². The minimum Gasteiger partial charge on any atom is -0.497 e. The van der Waals surface area contributed by atoms with Gasteiger partial charge in [-0.25, -0.2) is 0 Å². The lowest BCUT2D eigenvalue weighted by atomic mass is 9.91. The first-order valence-electron chi connectivity index (χ1n) is 8.01. The minimum atomic E-state index is -4.41. The Morgan fingerprint density at radius 3 is 2.75 bits per heavy atom. The van der Waals surface area contributed by atoms with Crippen LogP contribution in [0.3, 0.4) is 0 Å². The van der Waals surface area contributed by atoms with Gasteiger partial charge in [0, 0.05) is 32.6 Å². The van der Waals surface area contributed by atoms with Crippen molar-refractivity contribution in [2.24, 2.45) is 5.92 Å². The maximum Gasteiger partial charge on any atom is 0.416 e. The van der Waals surface area contributed by atoms with Crippen LogP contribution < -0.4 is 4.74 Å². The van der Waals surface area contributed by atoms with Crippen LogP contribution in [-0.2, 0) is 17.5 Å². The van der Waals surface area contributed by atoms with Gasteiger partial charge in [-0.3, -0.25) is 9.69 Å². The molecule has 0 N–H and O–H groups in total. The number of nitrogens with zero attached hydrogens (tertiary/aromatic N) is 2. The third-order valence-corrected chi connectivity index (χ3v) is 5.15. The van der Waals surface area contributed by atoms with Crippen LogP contribution in [0.4, 0.5) is 13.2 Å². The van der Waals surface area contributed by atoms with Crippen molar-refractivity contribution in [3.05, 3.63) is 29.3 Å². The molecule has 0 aromatic heterocycles. The van der Waals surface area contributed by atoms with Gasteiger partial charge in [-0.15, -0.1) is 0 Å². The lowest BCUT2D eigenvalue weighted by molar-refractivity contribution is -0.138. The quantitative estimate of drug-likeness (QED) is 0.847. The molecule has 24 heavy (non-hydrogen) atoms. The van der Waals surface area contributed by atoms with Crippen LogP contribution >= 0.6 is 0 Å². The summed E-state index contributed by atoms with van der Waals surface area (Å²) in [6.07, 6.45) is -3.01. The fourth-order valence-corrected chi connectivity index (χ4v) is 3.74. The number of benzene rings is 1. The molecule has 2 fully saturated rings. The number of methoxy groups -OCH3 is 1. The largest absolute Gasteiger partial charge is 0.497 e. The molecule has 0 bridgehead atoms. The number of halogens is 3. The molecule has 132 valence electrons. The maximum absolute atomic E-state index is 13.3. The van der Waals surface area contributed by atoms with E-state index in [1.54, 1.807) is 18.0 Å². The molecule has 0 saturated carbocycles. The summed E-state index contributed by atoms with van der Waals surface area (Å²) in [5, 5.41) is 0. The standard InChI is InChI=1S/C17H21F3N2O2/c1-21-15-10-22(6-5-11(15)7-16(21)23)9-12-3-4-13(24-2)8-14(12)17(18,19)20/h3-4,8,11,15H,5-7,9-10H2,1-2H3/t11-,15-/m1/s1. The van der Waals surface area contributed by atoms with Crippen LogP contribution in [0.1, 0.15) is 24.0 Å². The van der Waals surface area contributed by atoms with Crippen LogP contribution in [0.5, 0.6) is 5.75 Å². The van der Waals surface area contributed by atoms with E-state index < -0.39 is 11.7 Å². The van der Waals surface area contributed by atoms with E-state index in [0.29, 0.717) is 25.4 Å². The fourth-order valence-electron chi connectivity index (χ4n) is 3.74. The number of likely N-dealkylation sites (N-methyl/N-ethyl adjacent to an activating group) is 1. The third-order valence-electron chi connectivity index (χ3n) is 5.15. The van der Waals surface area contributed by atoms with E-state index in [-0.39, 0.29) is 29.8 Å². The van der Waals surface area contributed by atoms with Crippen LogP contribution in [0.25, 0.3) is 0 Å². The zero-order chi connectivity index (χ0) is 17.5. The van der Waals surface area contributed by atoms with Gasteiger partial charge in [0.05, 0.1) is 12.7 Å². The number of fused-ring (bicyclic) bond motifs is 1. The normalized spacial score (nSPS) is 25.0. The van der Waals surface area contributed by atoms with Crippen molar-refractivity contribution in [1.82, 2.24) is 9.80 Å². The predicted octanol–water partition coefficient (Wildman–Crippen LogP) is 2.77. The molecule has 1 aromatic carbocycles. The highest BCUT2D eigenvalue weighted by molar-refractivity contribution is 5.79. The molecule has 2 aliphatic heterocycles. The van der Waals surface area contributed by atoms with E-state index in [1.165, 1.54) is 13.2 Å². The van der Waals surface area contributed by atoms with Gasteiger partial charge in [-0.1, -0.05) is 6.07 Å². The highest BCUT2D eigenvalue weighted by Crippen LogP contribution is 2.36. The van der Waals surface area contributed by atoms with Gasteiger partial charge < -0.3 is 9.64 Å². The fraction of sp³-hybridized carbons (Fsp3) is 0.588. The number of amides is 1. The molecule has 2 aliphatic rings. The molecule has 2 saturated heterocycles. The highest BCUT2D eigenvalue weighted by atomic mass is 19.4. The number of ether oxygens (including phenoxy) is 1. The summed E-state index contributed by atoms with van der Waals surface area (Å²) in [6, 6.07) is 4.20. The van der Waals surface area contributed by atoms with Crippen LogP contribution in [-0.4, -0.2) is 49.0 Å². The molecule has 0 radical (unpaired) electrons. The number of hydrogen-bond donors (Lipinski definition) is 0. The van der Waals surface area contributed by atoms with Crippen molar-refractivity contribution in [1.29, 1.82) is 0 Å². The zero-order valence-corrected chi connectivity index (χ0v) is 13.8. The Labute approximate surface area is 139 Å². The Bertz CT molecular complexity index is 633. The van der Waals surface area contributed by atoms with Crippen LogP contribution in [0, 0.1) is 5.92 Å². The highest BCUT2D eigenvalue weighted by Gasteiger charge is 2.41. The van der Waals surface area contributed by atoms with Gasteiger partial charge in [0.2, 0.25) is 5.91 Å². The van der Waals surface area contributed by atoms with E-state index in [2.05, 4.69) is 0 Å². The smallest absolute Gasteiger partial charge is 0.416 e. The molecule has 4 nitrogen and oxygen atoms in total. The first kappa shape index (κ1) is 17.1. The molecule has 0 unspecified atom stereocenters. The lowest BCUT2D eigenvalue weighted by Crippen LogP contribution is -2.47. The average Bonchev–Trinajstić information content (AvgIpc) is 2.81. The molecular weight excluding hydrogens is 321 g/mol. The van der Waals surface area contributed by atoms with E-state index >= 15 is 0 Å². The van der Waals surface area contributed by atoms with Crippen LogP contribution in [0.2, 0.25) is 0 Å². The second-order valence-electron chi connectivity index (χ2n) is 6.58. The Kier molecular flexibility index (Phi) is 4.46. The Morgan fingerprint density at radius 2 is 2.08 bits per heavy atom. The van der Waals surface area contributed by atoms with Gasteiger partial charge in [-0.2, -0.15) is 13.2 Å². The number of likely N-dealkylation sites (tertiary alicyclic amines) is 2. The molecule has 0 aliphatic carbocycles. The predicted molar refractivity (Wildman–Crippen MR) is 82.6 cm³/mol. The number of rotatable bonds is 3. The number of piperidine rings is 1. The molecule has 0 spiro atoms. The molecule has 2 heterocycles. The summed E-state index contributed by atoms with van der Waals surface area (Å²) in [5.74, 6) is 0.662. The summed E-state index contributed by atoms with van der Waals surface area (Å²) >= 11 is 0. The zero-order valence-electron chi connectivity index (χ0n) is 13.8. The summed E-state index contributed by atoms with van der Waals surface area (Å²) in [6.45, 7) is 1.56. The van der Waals surface area contributed by atoms with Gasteiger partial charge >= 0.3 is 6.18 Å². The average molecular weight is 342 g/mol. The van der Waals surface area contributed by atoms with Crippen molar-refractivity contribution in [3.8, 4) is 5.75 Å². The van der Waals surface area contributed by atoms with Gasteiger partial charge in [0.1, 0.15) is 5.75 Å². The Hall–Kier alpha value is -1.76. The second-order valence-corrected chi connectivity index (χ2v) is 6.58. The molecular formula is C17H21F3N2O2. The molecule has 2 atom stereocenters. The van der Waals surface area contributed by atoms with Gasteiger partial charge in [0.15, 0.2) is 0 Å². The monoisotopic (exact) mass is 342 g/mol. The summed E-state index contributed by atoms with van der Waals surface area (Å²) in [4.78, 5) is 15.6. The van der Waals surface area contributed by atoms with E-state index in [9.17, 15) is 18.0 Å². The number of alkyl halides is 3. The Morgan fingerprint density at radius 1 is 1.33 bits per heavy atom. The van der Waals surface area contributed by atoms with Crippen molar-refractivity contribution < 1.29 is 22.7 Å². The topological polar surface area (TPSA) is 32.8 Å². The van der Waals surface area contributed by atoms with Crippen molar-refractivity contribution in [2.75, 3.05) is 27.2 Å². The minimum absolute atomic E-state index is 0.110. The summed E-state index contributed by atoms with van der Waals surface area (Å²) in [5.41, 5.74) is -0.409. The van der Waals surface area contributed by atoms with Crippen molar-refractivity contribution in [2.45, 2.75) is 31.6 Å². The molecule has 3 rings (SSSR count). The Balaban J connectivity index is 1.78. The number of carbonyl (C=O) groups is 1. The number of carbonyl (C=O) groups excluding carboxylic acids is 1. The van der Waals surface area contributed by atoms with Crippen molar-refractivity contribution >= 4 is 5.91 Å². The van der Waals surface area contributed by atoms with E-state index in [0.717, 1.165) is 12.5 Å². The maximum atomic E-state index is 13.3.